The van der Waals surface area contributed by atoms with E-state index < -0.39 is 0 Å². The van der Waals surface area contributed by atoms with Crippen LogP contribution in [0.15, 0.2) is 18.5 Å². The molecule has 0 bridgehead atoms. The highest BCUT2D eigenvalue weighted by molar-refractivity contribution is 4.92. The number of piperazine rings is 1. The van der Waals surface area contributed by atoms with Gasteiger partial charge in [0.15, 0.2) is 0 Å². The molecule has 1 aromatic heterocycles. The first-order valence-corrected chi connectivity index (χ1v) is 6.53. The van der Waals surface area contributed by atoms with Crippen LogP contribution in [0.4, 0.5) is 0 Å². The van der Waals surface area contributed by atoms with Crippen molar-refractivity contribution in [3.8, 4) is 0 Å². The summed E-state index contributed by atoms with van der Waals surface area (Å²) in [6.45, 7) is 7.54. The van der Waals surface area contributed by atoms with Crippen molar-refractivity contribution in [2.45, 2.75) is 45.3 Å². The average molecular weight is 234 g/mol. The molecule has 2 rings (SSSR count). The fourth-order valence-corrected chi connectivity index (χ4v) is 2.35. The topological polar surface area (TPSA) is 41.1 Å². The first kappa shape index (κ1) is 12.5. The van der Waals surface area contributed by atoms with Gasteiger partial charge in [0, 0.05) is 37.6 Å². The van der Waals surface area contributed by atoms with E-state index in [2.05, 4.69) is 34.0 Å². The van der Waals surface area contributed by atoms with E-state index in [0.29, 0.717) is 12.1 Å². The number of nitrogens with zero attached hydrogens (tertiary/aromatic N) is 3. The van der Waals surface area contributed by atoms with E-state index in [1.807, 2.05) is 18.5 Å². The summed E-state index contributed by atoms with van der Waals surface area (Å²) in [5.41, 5.74) is 0. The zero-order valence-electron chi connectivity index (χ0n) is 10.8. The second-order valence-corrected chi connectivity index (χ2v) is 4.84. The Morgan fingerprint density at radius 3 is 2.88 bits per heavy atom. The number of aromatic nitrogens is 2. The molecule has 0 saturated carbocycles. The van der Waals surface area contributed by atoms with E-state index in [1.54, 1.807) is 0 Å². The minimum absolute atomic E-state index is 0.562. The minimum Gasteiger partial charge on any atom is -0.311 e. The lowest BCUT2D eigenvalue weighted by Crippen LogP contribution is -2.54. The monoisotopic (exact) mass is 234 g/mol. The van der Waals surface area contributed by atoms with Crippen LogP contribution in [0.1, 0.15) is 32.5 Å². The molecule has 2 atom stereocenters. The molecular weight excluding hydrogens is 212 g/mol. The third-order valence-corrected chi connectivity index (χ3v) is 3.38. The molecule has 17 heavy (non-hydrogen) atoms. The van der Waals surface area contributed by atoms with Crippen molar-refractivity contribution < 1.29 is 0 Å². The van der Waals surface area contributed by atoms with Gasteiger partial charge in [0.1, 0.15) is 5.82 Å². The Balaban J connectivity index is 1.94. The quantitative estimate of drug-likeness (QED) is 0.856. The predicted octanol–water partition coefficient (Wildman–Crippen LogP) is 1.44. The lowest BCUT2D eigenvalue weighted by atomic mass is 10.1. The fourth-order valence-electron chi connectivity index (χ4n) is 2.35. The molecule has 0 aliphatic carbocycles. The Bertz CT molecular complexity index is 327. The maximum Gasteiger partial charge on any atom is 0.142 e. The molecule has 0 aromatic carbocycles. The maximum absolute atomic E-state index is 4.31. The van der Waals surface area contributed by atoms with E-state index in [-0.39, 0.29) is 0 Å². The summed E-state index contributed by atoms with van der Waals surface area (Å²) in [4.78, 5) is 11.1. The summed E-state index contributed by atoms with van der Waals surface area (Å²) in [6.07, 6.45) is 6.12. The molecule has 2 heterocycles. The van der Waals surface area contributed by atoms with Crippen LogP contribution in [-0.2, 0) is 6.54 Å². The highest BCUT2D eigenvalue weighted by Gasteiger charge is 2.24. The molecule has 1 aromatic rings. The molecule has 4 heteroatoms. The number of rotatable bonds is 4. The summed E-state index contributed by atoms with van der Waals surface area (Å²) in [5.74, 6) is 0.927. The summed E-state index contributed by atoms with van der Waals surface area (Å²) in [7, 11) is 0. The van der Waals surface area contributed by atoms with Crippen LogP contribution >= 0.6 is 0 Å². The molecule has 1 fully saturated rings. The molecule has 1 N–H and O–H groups in total. The molecule has 0 spiro atoms. The Kier molecular flexibility index (Phi) is 4.45. The van der Waals surface area contributed by atoms with Crippen LogP contribution in [0.2, 0.25) is 0 Å². The van der Waals surface area contributed by atoms with Crippen molar-refractivity contribution >= 4 is 0 Å². The van der Waals surface area contributed by atoms with Gasteiger partial charge in [0.25, 0.3) is 0 Å². The molecule has 1 aliphatic heterocycles. The van der Waals surface area contributed by atoms with E-state index >= 15 is 0 Å². The van der Waals surface area contributed by atoms with Gasteiger partial charge in [-0.2, -0.15) is 0 Å². The van der Waals surface area contributed by atoms with Crippen molar-refractivity contribution in [2.75, 3.05) is 13.1 Å². The third-order valence-electron chi connectivity index (χ3n) is 3.38. The van der Waals surface area contributed by atoms with E-state index in [1.165, 1.54) is 12.8 Å². The highest BCUT2D eigenvalue weighted by atomic mass is 15.2. The summed E-state index contributed by atoms with van der Waals surface area (Å²) >= 11 is 0. The molecular formula is C13H22N4. The normalized spacial score (nSPS) is 26.0. The lowest BCUT2D eigenvalue weighted by molar-refractivity contribution is 0.126. The smallest absolute Gasteiger partial charge is 0.142 e. The van der Waals surface area contributed by atoms with Crippen LogP contribution < -0.4 is 5.32 Å². The van der Waals surface area contributed by atoms with Crippen molar-refractivity contribution in [2.24, 2.45) is 0 Å². The predicted molar refractivity (Wildman–Crippen MR) is 68.6 cm³/mol. The van der Waals surface area contributed by atoms with Crippen LogP contribution in [0.5, 0.6) is 0 Å². The van der Waals surface area contributed by atoms with Gasteiger partial charge in [-0.1, -0.05) is 13.3 Å². The van der Waals surface area contributed by atoms with Crippen molar-refractivity contribution in [1.82, 2.24) is 20.2 Å². The fraction of sp³-hybridized carbons (Fsp3) is 0.692. The molecule has 0 radical (unpaired) electrons. The standard InChI is InChI=1S/C13H22N4/c1-3-5-12-9-17(11(2)8-16-12)10-13-14-6-4-7-15-13/h4,6-7,11-12,16H,3,5,8-10H2,1-2H3. The maximum atomic E-state index is 4.31. The van der Waals surface area contributed by atoms with E-state index in [9.17, 15) is 0 Å². The van der Waals surface area contributed by atoms with Crippen molar-refractivity contribution in [3.05, 3.63) is 24.3 Å². The van der Waals surface area contributed by atoms with Crippen LogP contribution in [0.3, 0.4) is 0 Å². The highest BCUT2D eigenvalue weighted by Crippen LogP contribution is 2.12. The first-order chi connectivity index (χ1) is 8.29. The Morgan fingerprint density at radius 2 is 2.18 bits per heavy atom. The van der Waals surface area contributed by atoms with Gasteiger partial charge in [-0.3, -0.25) is 4.90 Å². The molecule has 0 amide bonds. The van der Waals surface area contributed by atoms with Crippen molar-refractivity contribution in [1.29, 1.82) is 0 Å². The first-order valence-electron chi connectivity index (χ1n) is 6.53. The SMILES string of the molecule is CCCC1CN(Cc2ncccn2)C(C)CN1. The second-order valence-electron chi connectivity index (χ2n) is 4.84. The van der Waals surface area contributed by atoms with Crippen LogP contribution in [0.25, 0.3) is 0 Å². The van der Waals surface area contributed by atoms with Gasteiger partial charge in [-0.15, -0.1) is 0 Å². The zero-order valence-corrected chi connectivity index (χ0v) is 10.8. The summed E-state index contributed by atoms with van der Waals surface area (Å²) in [6, 6.07) is 3.05. The number of nitrogens with one attached hydrogen (secondary N) is 1. The van der Waals surface area contributed by atoms with Gasteiger partial charge in [0.2, 0.25) is 0 Å². The molecule has 1 aliphatic rings. The Morgan fingerprint density at radius 1 is 1.41 bits per heavy atom. The van der Waals surface area contributed by atoms with Crippen LogP contribution in [-0.4, -0.2) is 40.0 Å². The van der Waals surface area contributed by atoms with Gasteiger partial charge < -0.3 is 5.32 Å². The second kappa shape index (κ2) is 6.07. The minimum atomic E-state index is 0.562. The number of hydrogen-bond donors (Lipinski definition) is 1. The van der Waals surface area contributed by atoms with E-state index in [0.717, 1.165) is 25.5 Å². The Hall–Kier alpha value is -1.00. The molecule has 4 nitrogen and oxygen atoms in total. The zero-order chi connectivity index (χ0) is 12.1. The molecule has 1 saturated heterocycles. The van der Waals surface area contributed by atoms with E-state index in [4.69, 9.17) is 0 Å². The molecule has 94 valence electrons. The van der Waals surface area contributed by atoms with Gasteiger partial charge in [-0.25, -0.2) is 9.97 Å². The van der Waals surface area contributed by atoms with Crippen LogP contribution in [0, 0.1) is 0 Å². The molecule has 2 unspecified atom stereocenters. The van der Waals surface area contributed by atoms with Gasteiger partial charge in [0.05, 0.1) is 6.54 Å². The van der Waals surface area contributed by atoms with Crippen molar-refractivity contribution in [3.63, 3.8) is 0 Å². The van der Waals surface area contributed by atoms with Gasteiger partial charge in [-0.05, 0) is 19.4 Å². The average Bonchev–Trinajstić information content (AvgIpc) is 2.35. The lowest BCUT2D eigenvalue weighted by Gasteiger charge is -2.38. The number of hydrogen-bond acceptors (Lipinski definition) is 4. The third kappa shape index (κ3) is 3.48. The summed E-state index contributed by atoms with van der Waals surface area (Å²) < 4.78 is 0. The van der Waals surface area contributed by atoms with Gasteiger partial charge >= 0.3 is 0 Å². The largest absolute Gasteiger partial charge is 0.311 e. The Labute approximate surface area is 103 Å². The summed E-state index contributed by atoms with van der Waals surface area (Å²) in [5, 5.41) is 3.60.